The van der Waals surface area contributed by atoms with Crippen LogP contribution < -0.4 is 15.4 Å². The molecule has 8 heteroatoms. The molecule has 0 amide bonds. The lowest BCUT2D eigenvalue weighted by Gasteiger charge is -2.10. The number of aromatic nitrogens is 2. The summed E-state index contributed by atoms with van der Waals surface area (Å²) in [5.41, 5.74) is 0.800. The Morgan fingerprint density at radius 1 is 1.10 bits per heavy atom. The molecule has 0 saturated heterocycles. The highest BCUT2D eigenvalue weighted by Crippen LogP contribution is 2.22. The molecule has 5 nitrogen and oxygen atoms in total. The van der Waals surface area contributed by atoms with Gasteiger partial charge >= 0.3 is 6.36 Å². The van der Waals surface area contributed by atoms with Gasteiger partial charge in [-0.05, 0) is 17.7 Å². The summed E-state index contributed by atoms with van der Waals surface area (Å²) in [5, 5.41) is 5.93. The van der Waals surface area contributed by atoms with Gasteiger partial charge in [-0.15, -0.1) is 13.2 Å². The topological polar surface area (TPSA) is 59.1 Å². The van der Waals surface area contributed by atoms with Crippen molar-refractivity contribution in [3.63, 3.8) is 0 Å². The van der Waals surface area contributed by atoms with Crippen LogP contribution in [0.5, 0.6) is 5.75 Å². The number of rotatable bonds is 5. The van der Waals surface area contributed by atoms with E-state index in [1.165, 1.54) is 18.5 Å². The molecule has 2 aromatic rings. The lowest BCUT2D eigenvalue weighted by atomic mass is 10.2. The predicted octanol–water partition coefficient (Wildman–Crippen LogP) is 3.03. The molecule has 0 saturated carbocycles. The quantitative estimate of drug-likeness (QED) is 0.888. The Morgan fingerprint density at radius 2 is 1.76 bits per heavy atom. The molecule has 1 aromatic carbocycles. The van der Waals surface area contributed by atoms with Crippen LogP contribution in [0.4, 0.5) is 24.8 Å². The number of anilines is 2. The van der Waals surface area contributed by atoms with E-state index in [0.717, 1.165) is 5.56 Å². The predicted molar refractivity (Wildman–Crippen MR) is 72.0 cm³/mol. The summed E-state index contributed by atoms with van der Waals surface area (Å²) in [6, 6.07) is 7.36. The normalized spacial score (nSPS) is 11.0. The van der Waals surface area contributed by atoms with Crippen LogP contribution in [0.1, 0.15) is 5.56 Å². The van der Waals surface area contributed by atoms with E-state index < -0.39 is 6.36 Å². The van der Waals surface area contributed by atoms with E-state index in [4.69, 9.17) is 0 Å². The Balaban J connectivity index is 1.94. The number of hydrogen-bond donors (Lipinski definition) is 2. The minimum absolute atomic E-state index is 0.245. The first-order valence-corrected chi connectivity index (χ1v) is 6.04. The van der Waals surface area contributed by atoms with E-state index in [-0.39, 0.29) is 5.75 Å². The van der Waals surface area contributed by atoms with Crippen LogP contribution in [0.2, 0.25) is 0 Å². The second-order valence-electron chi connectivity index (χ2n) is 4.08. The van der Waals surface area contributed by atoms with Gasteiger partial charge in [0.2, 0.25) is 0 Å². The van der Waals surface area contributed by atoms with Crippen molar-refractivity contribution in [1.82, 2.24) is 9.97 Å². The Morgan fingerprint density at radius 3 is 2.38 bits per heavy atom. The summed E-state index contributed by atoms with van der Waals surface area (Å²) >= 11 is 0. The first-order chi connectivity index (χ1) is 9.96. The third-order valence-electron chi connectivity index (χ3n) is 2.55. The monoisotopic (exact) mass is 298 g/mol. The van der Waals surface area contributed by atoms with E-state index >= 15 is 0 Å². The van der Waals surface area contributed by atoms with Gasteiger partial charge in [0, 0.05) is 19.7 Å². The highest BCUT2D eigenvalue weighted by molar-refractivity contribution is 5.46. The molecule has 1 heterocycles. The van der Waals surface area contributed by atoms with Crippen LogP contribution in [-0.2, 0) is 6.54 Å². The fraction of sp³-hybridized carbons (Fsp3) is 0.231. The maximum absolute atomic E-state index is 12.0. The summed E-state index contributed by atoms with van der Waals surface area (Å²) in [7, 11) is 1.74. The van der Waals surface area contributed by atoms with Crippen molar-refractivity contribution in [3.05, 3.63) is 42.2 Å². The first kappa shape index (κ1) is 14.9. The highest BCUT2D eigenvalue weighted by Gasteiger charge is 2.30. The minimum atomic E-state index is -4.68. The Labute approximate surface area is 119 Å². The zero-order valence-electron chi connectivity index (χ0n) is 11.1. The van der Waals surface area contributed by atoms with E-state index in [1.54, 1.807) is 25.2 Å². The smallest absolute Gasteiger partial charge is 0.406 e. The van der Waals surface area contributed by atoms with Crippen molar-refractivity contribution in [1.29, 1.82) is 0 Å². The molecule has 1 aromatic heterocycles. The molecule has 0 fully saturated rings. The van der Waals surface area contributed by atoms with Crippen molar-refractivity contribution in [2.45, 2.75) is 12.9 Å². The van der Waals surface area contributed by atoms with Crippen LogP contribution >= 0.6 is 0 Å². The first-order valence-electron chi connectivity index (χ1n) is 6.04. The summed E-state index contributed by atoms with van der Waals surface area (Å²) in [4.78, 5) is 8.01. The van der Waals surface area contributed by atoms with E-state index in [2.05, 4.69) is 25.3 Å². The molecule has 112 valence electrons. The Hall–Kier alpha value is -2.51. The largest absolute Gasteiger partial charge is 0.573 e. The van der Waals surface area contributed by atoms with Crippen LogP contribution in [0.15, 0.2) is 36.7 Å². The molecule has 0 aliphatic heterocycles. The third-order valence-corrected chi connectivity index (χ3v) is 2.55. The van der Waals surface area contributed by atoms with Gasteiger partial charge in [0.15, 0.2) is 0 Å². The van der Waals surface area contributed by atoms with Gasteiger partial charge in [-0.3, -0.25) is 0 Å². The van der Waals surface area contributed by atoms with Crippen LogP contribution in [0.3, 0.4) is 0 Å². The summed E-state index contributed by atoms with van der Waals surface area (Å²) in [5.74, 6) is 1.04. The van der Waals surface area contributed by atoms with Gasteiger partial charge in [-0.2, -0.15) is 0 Å². The zero-order valence-corrected chi connectivity index (χ0v) is 11.1. The average molecular weight is 298 g/mol. The maximum atomic E-state index is 12.0. The number of nitrogens with one attached hydrogen (secondary N) is 2. The van der Waals surface area contributed by atoms with Gasteiger partial charge in [-0.1, -0.05) is 12.1 Å². The summed E-state index contributed by atoms with van der Waals surface area (Å²) in [6.07, 6.45) is -3.27. The highest BCUT2D eigenvalue weighted by atomic mass is 19.4. The van der Waals surface area contributed by atoms with Gasteiger partial charge in [0.1, 0.15) is 23.7 Å². The van der Waals surface area contributed by atoms with Crippen molar-refractivity contribution >= 4 is 11.6 Å². The Kier molecular flexibility index (Phi) is 4.46. The molecule has 0 radical (unpaired) electrons. The lowest BCUT2D eigenvalue weighted by Crippen LogP contribution is -2.17. The van der Waals surface area contributed by atoms with Crippen molar-refractivity contribution < 1.29 is 17.9 Å². The Bertz CT molecular complexity index is 587. The summed E-state index contributed by atoms with van der Waals surface area (Å²) < 4.78 is 39.9. The fourth-order valence-corrected chi connectivity index (χ4v) is 1.59. The number of alkyl halides is 3. The van der Waals surface area contributed by atoms with Gasteiger partial charge in [-0.25, -0.2) is 9.97 Å². The number of benzene rings is 1. The molecule has 0 aliphatic carbocycles. The molecule has 0 unspecified atom stereocenters. The molecule has 0 bridgehead atoms. The maximum Gasteiger partial charge on any atom is 0.573 e. The molecule has 2 rings (SSSR count). The van der Waals surface area contributed by atoms with E-state index in [0.29, 0.717) is 18.2 Å². The van der Waals surface area contributed by atoms with Gasteiger partial charge in [0.05, 0.1) is 0 Å². The van der Waals surface area contributed by atoms with Crippen LogP contribution in [0.25, 0.3) is 0 Å². The molecule has 0 aliphatic rings. The van der Waals surface area contributed by atoms with Gasteiger partial charge < -0.3 is 15.4 Å². The van der Waals surface area contributed by atoms with E-state index in [9.17, 15) is 13.2 Å². The molecule has 0 spiro atoms. The van der Waals surface area contributed by atoms with E-state index in [1.807, 2.05) is 0 Å². The van der Waals surface area contributed by atoms with Crippen LogP contribution in [-0.4, -0.2) is 23.4 Å². The molecular weight excluding hydrogens is 285 g/mol. The molecular formula is C13H13F3N4O. The molecule has 2 N–H and O–H groups in total. The van der Waals surface area contributed by atoms with Crippen molar-refractivity contribution in [2.24, 2.45) is 0 Å². The average Bonchev–Trinajstić information content (AvgIpc) is 2.45. The number of nitrogens with zero attached hydrogens (tertiary/aromatic N) is 2. The second-order valence-corrected chi connectivity index (χ2v) is 4.08. The number of ether oxygens (including phenoxy) is 1. The third kappa shape index (κ3) is 4.83. The second kappa shape index (κ2) is 6.29. The van der Waals surface area contributed by atoms with Crippen LogP contribution in [0, 0.1) is 0 Å². The molecule has 21 heavy (non-hydrogen) atoms. The van der Waals surface area contributed by atoms with Crippen molar-refractivity contribution in [3.8, 4) is 5.75 Å². The molecule has 0 atom stereocenters. The standard InChI is InChI=1S/C13H13F3N4O/c1-17-11-6-12(20-8-19-11)18-7-9-2-4-10(5-3-9)21-13(14,15)16/h2-6,8H,7H2,1H3,(H2,17,18,19,20). The zero-order chi connectivity index (χ0) is 15.3. The number of hydrogen-bond acceptors (Lipinski definition) is 5. The fourth-order valence-electron chi connectivity index (χ4n) is 1.59. The van der Waals surface area contributed by atoms with Gasteiger partial charge in [0.25, 0.3) is 0 Å². The van der Waals surface area contributed by atoms with Crippen molar-refractivity contribution in [2.75, 3.05) is 17.7 Å². The minimum Gasteiger partial charge on any atom is -0.406 e. The summed E-state index contributed by atoms with van der Waals surface area (Å²) in [6.45, 7) is 0.423. The number of halogens is 3. The lowest BCUT2D eigenvalue weighted by molar-refractivity contribution is -0.274. The SMILES string of the molecule is CNc1cc(NCc2ccc(OC(F)(F)F)cc2)ncn1.